The Labute approximate surface area is 103 Å². The molecule has 94 valence electrons. The molecule has 4 heteroatoms. The smallest absolute Gasteiger partial charge is 0.241 e. The molecule has 1 fully saturated rings. The number of thioether (sulfide) groups is 1. The third-order valence-corrected chi connectivity index (χ3v) is 3.76. The predicted octanol–water partition coefficient (Wildman–Crippen LogP) is 2.08. The Morgan fingerprint density at radius 2 is 2.19 bits per heavy atom. The topological polar surface area (TPSA) is 32.3 Å². The number of nitrogens with zero attached hydrogens (tertiary/aromatic N) is 1. The van der Waals surface area contributed by atoms with E-state index in [1.54, 1.807) is 0 Å². The van der Waals surface area contributed by atoms with Crippen molar-refractivity contribution in [2.75, 3.05) is 18.6 Å². The maximum atomic E-state index is 12.1. The van der Waals surface area contributed by atoms with E-state index in [9.17, 15) is 4.79 Å². The zero-order chi connectivity index (χ0) is 12.0. The lowest BCUT2D eigenvalue weighted by Gasteiger charge is -2.22. The molecule has 0 aliphatic carbocycles. The summed E-state index contributed by atoms with van der Waals surface area (Å²) in [6, 6.07) is 0.0734. The van der Waals surface area contributed by atoms with E-state index in [4.69, 9.17) is 0 Å². The van der Waals surface area contributed by atoms with E-state index in [1.165, 1.54) is 0 Å². The van der Waals surface area contributed by atoms with Crippen LogP contribution in [-0.4, -0.2) is 41.6 Å². The highest BCUT2D eigenvalue weighted by atomic mass is 32.2. The zero-order valence-corrected chi connectivity index (χ0v) is 11.5. The molecule has 1 aliphatic rings. The lowest BCUT2D eigenvalue weighted by atomic mass is 10.2. The quantitative estimate of drug-likeness (QED) is 0.696. The maximum Gasteiger partial charge on any atom is 0.241 e. The summed E-state index contributed by atoms with van der Waals surface area (Å²) in [6.07, 6.45) is 6.52. The first-order chi connectivity index (χ1) is 7.74. The van der Waals surface area contributed by atoms with Gasteiger partial charge in [-0.15, -0.1) is 0 Å². The molecular weight excluding hydrogens is 220 g/mol. The fourth-order valence-corrected chi connectivity index (χ4v) is 2.64. The summed E-state index contributed by atoms with van der Waals surface area (Å²) in [5.74, 6) is 1.45. The van der Waals surface area contributed by atoms with Gasteiger partial charge in [-0.05, 0) is 31.3 Å². The van der Waals surface area contributed by atoms with E-state index in [2.05, 4.69) is 25.4 Å². The van der Waals surface area contributed by atoms with Crippen LogP contribution in [0.1, 0.15) is 39.5 Å². The van der Waals surface area contributed by atoms with Gasteiger partial charge in [0.25, 0.3) is 0 Å². The van der Waals surface area contributed by atoms with Gasteiger partial charge in [0, 0.05) is 6.54 Å². The molecule has 2 atom stereocenters. The molecule has 2 unspecified atom stereocenters. The molecular formula is C12H24N2OS. The first kappa shape index (κ1) is 13.8. The van der Waals surface area contributed by atoms with Crippen molar-refractivity contribution in [3.05, 3.63) is 0 Å². The highest BCUT2D eigenvalue weighted by Crippen LogP contribution is 2.17. The second-order valence-electron chi connectivity index (χ2n) is 4.31. The first-order valence-electron chi connectivity index (χ1n) is 6.30. The highest BCUT2D eigenvalue weighted by Gasteiger charge is 2.36. The number of carbonyl (C=O) groups excluding carboxylic acids is 1. The van der Waals surface area contributed by atoms with Crippen molar-refractivity contribution in [3.8, 4) is 0 Å². The molecule has 0 bridgehead atoms. The minimum absolute atomic E-state index is 0.0734. The minimum Gasteiger partial charge on any atom is -0.326 e. The molecule has 0 aromatic rings. The molecule has 1 aliphatic heterocycles. The molecule has 1 saturated heterocycles. The van der Waals surface area contributed by atoms with Gasteiger partial charge in [0.1, 0.15) is 0 Å². The van der Waals surface area contributed by atoms with Crippen molar-refractivity contribution >= 4 is 17.7 Å². The summed E-state index contributed by atoms with van der Waals surface area (Å²) in [5.41, 5.74) is 0. The zero-order valence-electron chi connectivity index (χ0n) is 10.7. The largest absolute Gasteiger partial charge is 0.326 e. The molecule has 0 aromatic carbocycles. The van der Waals surface area contributed by atoms with Gasteiger partial charge in [-0.3, -0.25) is 10.1 Å². The summed E-state index contributed by atoms with van der Waals surface area (Å²) in [6.45, 7) is 5.18. The van der Waals surface area contributed by atoms with Crippen LogP contribution in [0.3, 0.4) is 0 Å². The second kappa shape index (κ2) is 7.17. The summed E-state index contributed by atoms with van der Waals surface area (Å²) in [7, 11) is 0. The number of hydrogen-bond acceptors (Lipinski definition) is 3. The molecule has 1 rings (SSSR count). The Morgan fingerprint density at radius 1 is 1.44 bits per heavy atom. The van der Waals surface area contributed by atoms with Crippen molar-refractivity contribution in [1.29, 1.82) is 0 Å². The van der Waals surface area contributed by atoms with E-state index in [1.807, 2.05) is 16.7 Å². The third kappa shape index (κ3) is 3.39. The Morgan fingerprint density at radius 3 is 2.75 bits per heavy atom. The number of nitrogens with one attached hydrogen (secondary N) is 1. The predicted molar refractivity (Wildman–Crippen MR) is 70.6 cm³/mol. The molecule has 0 spiro atoms. The van der Waals surface area contributed by atoms with Crippen LogP contribution >= 0.6 is 11.8 Å². The fourth-order valence-electron chi connectivity index (χ4n) is 2.23. The second-order valence-corrected chi connectivity index (χ2v) is 5.30. The van der Waals surface area contributed by atoms with Gasteiger partial charge in [-0.2, -0.15) is 11.8 Å². The summed E-state index contributed by atoms with van der Waals surface area (Å²) < 4.78 is 0. The van der Waals surface area contributed by atoms with E-state index in [0.29, 0.717) is 5.91 Å². The third-order valence-electron chi connectivity index (χ3n) is 3.06. The van der Waals surface area contributed by atoms with Crippen molar-refractivity contribution in [3.63, 3.8) is 0 Å². The van der Waals surface area contributed by atoms with Gasteiger partial charge in [0.15, 0.2) is 0 Å². The van der Waals surface area contributed by atoms with E-state index < -0.39 is 0 Å². The van der Waals surface area contributed by atoms with Gasteiger partial charge in [0.2, 0.25) is 5.91 Å². The molecule has 3 nitrogen and oxygen atoms in total. The Hall–Kier alpha value is -0.220. The molecule has 1 N–H and O–H groups in total. The molecule has 0 aromatic heterocycles. The van der Waals surface area contributed by atoms with Gasteiger partial charge in [-0.1, -0.05) is 20.3 Å². The van der Waals surface area contributed by atoms with Crippen LogP contribution in [0, 0.1) is 0 Å². The van der Waals surface area contributed by atoms with E-state index >= 15 is 0 Å². The maximum absolute atomic E-state index is 12.1. The summed E-state index contributed by atoms with van der Waals surface area (Å²) in [4.78, 5) is 14.2. The van der Waals surface area contributed by atoms with Crippen LogP contribution < -0.4 is 5.32 Å². The average Bonchev–Trinajstić information content (AvgIpc) is 2.58. The van der Waals surface area contributed by atoms with E-state index in [0.717, 1.165) is 38.0 Å². The monoisotopic (exact) mass is 244 g/mol. The number of hydrogen-bond donors (Lipinski definition) is 1. The fraction of sp³-hybridized carbons (Fsp3) is 0.917. The van der Waals surface area contributed by atoms with Crippen LogP contribution in [0.4, 0.5) is 0 Å². The summed E-state index contributed by atoms with van der Waals surface area (Å²) in [5, 5.41) is 3.44. The van der Waals surface area contributed by atoms with Crippen molar-refractivity contribution in [1.82, 2.24) is 10.2 Å². The van der Waals surface area contributed by atoms with Crippen LogP contribution in [0.2, 0.25) is 0 Å². The average molecular weight is 244 g/mol. The van der Waals surface area contributed by atoms with Gasteiger partial charge in [0.05, 0.1) is 12.2 Å². The number of carbonyl (C=O) groups is 1. The molecule has 16 heavy (non-hydrogen) atoms. The van der Waals surface area contributed by atoms with Gasteiger partial charge < -0.3 is 4.90 Å². The lowest BCUT2D eigenvalue weighted by Crippen LogP contribution is -2.37. The lowest BCUT2D eigenvalue weighted by molar-refractivity contribution is -0.130. The molecule has 0 saturated carbocycles. The van der Waals surface area contributed by atoms with Gasteiger partial charge >= 0.3 is 0 Å². The van der Waals surface area contributed by atoms with Crippen LogP contribution in [0.15, 0.2) is 0 Å². The molecule has 1 heterocycles. The molecule has 0 radical (unpaired) electrons. The number of amides is 1. The minimum atomic E-state index is 0.0734. The van der Waals surface area contributed by atoms with E-state index in [-0.39, 0.29) is 12.2 Å². The SMILES string of the molecule is CCCC1NC(CC)N(CCCSC)C1=O. The van der Waals surface area contributed by atoms with Crippen molar-refractivity contribution < 1.29 is 4.79 Å². The van der Waals surface area contributed by atoms with Crippen LogP contribution in [-0.2, 0) is 4.79 Å². The normalized spacial score (nSPS) is 25.4. The first-order valence-corrected chi connectivity index (χ1v) is 7.69. The van der Waals surface area contributed by atoms with Crippen LogP contribution in [0.5, 0.6) is 0 Å². The summed E-state index contributed by atoms with van der Waals surface area (Å²) >= 11 is 1.85. The Kier molecular flexibility index (Phi) is 6.21. The van der Waals surface area contributed by atoms with Crippen LogP contribution in [0.25, 0.3) is 0 Å². The molecule has 1 amide bonds. The highest BCUT2D eigenvalue weighted by molar-refractivity contribution is 7.98. The van der Waals surface area contributed by atoms with Crippen molar-refractivity contribution in [2.45, 2.75) is 51.7 Å². The number of rotatable bonds is 7. The Bertz CT molecular complexity index is 223. The van der Waals surface area contributed by atoms with Gasteiger partial charge in [-0.25, -0.2) is 0 Å². The van der Waals surface area contributed by atoms with Crippen molar-refractivity contribution in [2.24, 2.45) is 0 Å². The standard InChI is InChI=1S/C12H24N2OS/c1-4-7-10-12(15)14(8-6-9-16-3)11(5-2)13-10/h10-11,13H,4-9H2,1-3H3. The Balaban J connectivity index is 2.48.